The van der Waals surface area contributed by atoms with Crippen LogP contribution < -0.4 is 4.74 Å². The van der Waals surface area contributed by atoms with Crippen molar-refractivity contribution in [3.63, 3.8) is 0 Å². The molecule has 5 heteroatoms. The first-order valence-electron chi connectivity index (χ1n) is 9.58. The number of amides is 2. The van der Waals surface area contributed by atoms with Gasteiger partial charge in [-0.2, -0.15) is 10.1 Å². The lowest BCUT2D eigenvalue weighted by atomic mass is 9.85. The molecule has 0 N–H and O–H groups in total. The quantitative estimate of drug-likeness (QED) is 0.459. The number of carbonyl (C=O) groups excluding carboxylic acids is 2. The Morgan fingerprint density at radius 1 is 0.929 bits per heavy atom. The summed E-state index contributed by atoms with van der Waals surface area (Å²) in [6.45, 7) is 0.437. The topological polar surface area (TPSA) is 59.0 Å². The maximum Gasteiger partial charge on any atom is 0.254 e. The highest BCUT2D eigenvalue weighted by Gasteiger charge is 2.59. The van der Waals surface area contributed by atoms with Gasteiger partial charge in [0.25, 0.3) is 11.8 Å². The van der Waals surface area contributed by atoms with Crippen molar-refractivity contribution in [2.45, 2.75) is 13.0 Å². The van der Waals surface area contributed by atoms with E-state index >= 15 is 0 Å². The third-order valence-electron chi connectivity index (χ3n) is 5.92. The van der Waals surface area contributed by atoms with Gasteiger partial charge >= 0.3 is 0 Å². The minimum atomic E-state index is -0.232. The molecule has 0 aromatic heterocycles. The van der Waals surface area contributed by atoms with Gasteiger partial charge in [-0.3, -0.25) is 9.59 Å². The summed E-state index contributed by atoms with van der Waals surface area (Å²) in [4.78, 5) is 25.5. The van der Waals surface area contributed by atoms with Crippen LogP contribution in [0.3, 0.4) is 0 Å². The number of ether oxygens (including phenoxy) is 1. The molecule has 0 unspecified atom stereocenters. The van der Waals surface area contributed by atoms with E-state index < -0.39 is 0 Å². The Labute approximate surface area is 163 Å². The van der Waals surface area contributed by atoms with Crippen molar-refractivity contribution in [1.82, 2.24) is 5.01 Å². The SMILES string of the molecule is O=C1[C@@H]2[C@@H](C(=O)N1/N=C\c1ccccc1OCc1ccccc1)[C@@H]1C=C[C@@H]2C1. The molecule has 1 heterocycles. The van der Waals surface area contributed by atoms with Gasteiger partial charge in [0.2, 0.25) is 0 Å². The first-order valence-corrected chi connectivity index (χ1v) is 9.58. The Morgan fingerprint density at radius 3 is 2.29 bits per heavy atom. The number of allylic oxidation sites excluding steroid dienone is 2. The van der Waals surface area contributed by atoms with E-state index in [0.29, 0.717) is 12.4 Å². The van der Waals surface area contributed by atoms with Crippen LogP contribution in [0.4, 0.5) is 0 Å². The van der Waals surface area contributed by atoms with E-state index in [-0.39, 0.29) is 35.5 Å². The van der Waals surface area contributed by atoms with Gasteiger partial charge in [-0.25, -0.2) is 0 Å². The molecule has 28 heavy (non-hydrogen) atoms. The zero-order valence-corrected chi connectivity index (χ0v) is 15.3. The van der Waals surface area contributed by atoms with Crippen LogP contribution in [0.5, 0.6) is 5.75 Å². The van der Waals surface area contributed by atoms with Gasteiger partial charge in [0.1, 0.15) is 12.4 Å². The first-order chi connectivity index (χ1) is 13.7. The van der Waals surface area contributed by atoms with E-state index in [9.17, 15) is 9.59 Å². The second kappa shape index (κ2) is 6.75. The number of benzene rings is 2. The summed E-state index contributed by atoms with van der Waals surface area (Å²) >= 11 is 0. The number of nitrogens with zero attached hydrogens (tertiary/aromatic N) is 2. The Morgan fingerprint density at radius 2 is 1.57 bits per heavy atom. The van der Waals surface area contributed by atoms with Gasteiger partial charge in [0.05, 0.1) is 18.1 Å². The zero-order chi connectivity index (χ0) is 19.1. The molecule has 5 rings (SSSR count). The third kappa shape index (κ3) is 2.74. The third-order valence-corrected chi connectivity index (χ3v) is 5.92. The Bertz CT molecular complexity index is 952. The average molecular weight is 372 g/mol. The lowest BCUT2D eigenvalue weighted by Crippen LogP contribution is -2.28. The van der Waals surface area contributed by atoms with Gasteiger partial charge in [-0.1, -0.05) is 54.6 Å². The van der Waals surface area contributed by atoms with E-state index in [1.165, 1.54) is 0 Å². The van der Waals surface area contributed by atoms with Crippen LogP contribution >= 0.6 is 0 Å². The first kappa shape index (κ1) is 16.9. The monoisotopic (exact) mass is 372 g/mol. The molecule has 140 valence electrons. The molecule has 2 aromatic carbocycles. The predicted molar refractivity (Wildman–Crippen MR) is 104 cm³/mol. The molecule has 2 bridgehead atoms. The molecule has 3 aliphatic rings. The van der Waals surface area contributed by atoms with Gasteiger partial charge in [0.15, 0.2) is 0 Å². The number of imide groups is 1. The average Bonchev–Trinajstić information content (AvgIpc) is 3.41. The van der Waals surface area contributed by atoms with Crippen molar-refractivity contribution >= 4 is 18.0 Å². The smallest absolute Gasteiger partial charge is 0.254 e. The van der Waals surface area contributed by atoms with Gasteiger partial charge in [-0.05, 0) is 36.0 Å². The van der Waals surface area contributed by atoms with Crippen molar-refractivity contribution in [3.8, 4) is 5.75 Å². The maximum atomic E-state index is 12.7. The van der Waals surface area contributed by atoms with Gasteiger partial charge < -0.3 is 4.74 Å². The fourth-order valence-electron chi connectivity index (χ4n) is 4.57. The van der Waals surface area contributed by atoms with Crippen molar-refractivity contribution in [3.05, 3.63) is 77.9 Å². The second-order valence-electron chi connectivity index (χ2n) is 7.54. The van der Waals surface area contributed by atoms with Crippen molar-refractivity contribution in [1.29, 1.82) is 0 Å². The van der Waals surface area contributed by atoms with Crippen LogP contribution in [0.1, 0.15) is 17.5 Å². The molecule has 4 atom stereocenters. The molecule has 1 aliphatic heterocycles. The summed E-state index contributed by atoms with van der Waals surface area (Å²) in [5.74, 6) is 0.224. The largest absolute Gasteiger partial charge is 0.488 e. The van der Waals surface area contributed by atoms with E-state index in [0.717, 1.165) is 22.6 Å². The minimum absolute atomic E-state index is 0.175. The molecule has 1 saturated carbocycles. The maximum absolute atomic E-state index is 12.7. The highest BCUT2D eigenvalue weighted by molar-refractivity contribution is 6.06. The number of hydrogen-bond donors (Lipinski definition) is 0. The van der Waals surface area contributed by atoms with E-state index in [4.69, 9.17) is 4.74 Å². The van der Waals surface area contributed by atoms with E-state index in [1.807, 2.05) is 54.6 Å². The van der Waals surface area contributed by atoms with Crippen molar-refractivity contribution in [2.75, 3.05) is 0 Å². The van der Waals surface area contributed by atoms with Crippen LogP contribution in [0.15, 0.2) is 71.9 Å². The minimum Gasteiger partial charge on any atom is -0.488 e. The molecule has 2 amide bonds. The number of fused-ring (bicyclic) bond motifs is 5. The Balaban J connectivity index is 1.33. The van der Waals surface area contributed by atoms with Crippen LogP contribution in [0.25, 0.3) is 0 Å². The van der Waals surface area contributed by atoms with Crippen LogP contribution in [0.2, 0.25) is 0 Å². The molecular formula is C23H20N2O3. The molecular weight excluding hydrogens is 352 g/mol. The molecule has 0 spiro atoms. The van der Waals surface area contributed by atoms with Crippen molar-refractivity contribution in [2.24, 2.45) is 28.8 Å². The molecule has 5 nitrogen and oxygen atoms in total. The van der Waals surface area contributed by atoms with Crippen LogP contribution in [-0.4, -0.2) is 23.0 Å². The summed E-state index contributed by atoms with van der Waals surface area (Å²) < 4.78 is 5.92. The lowest BCUT2D eigenvalue weighted by Gasteiger charge is -2.13. The molecule has 2 aliphatic carbocycles. The Hall–Kier alpha value is -3.21. The molecule has 0 radical (unpaired) electrons. The molecule has 1 saturated heterocycles. The van der Waals surface area contributed by atoms with E-state index in [1.54, 1.807) is 6.21 Å². The number of carbonyl (C=O) groups is 2. The fraction of sp³-hybridized carbons (Fsp3) is 0.261. The van der Waals surface area contributed by atoms with E-state index in [2.05, 4.69) is 17.3 Å². The summed E-state index contributed by atoms with van der Waals surface area (Å²) in [7, 11) is 0. The highest BCUT2D eigenvalue weighted by atomic mass is 16.5. The highest BCUT2D eigenvalue weighted by Crippen LogP contribution is 2.52. The molecule has 2 aromatic rings. The van der Waals surface area contributed by atoms with Crippen LogP contribution in [0, 0.1) is 23.7 Å². The normalized spacial score (nSPS) is 27.8. The van der Waals surface area contributed by atoms with Crippen molar-refractivity contribution < 1.29 is 14.3 Å². The van der Waals surface area contributed by atoms with Gasteiger partial charge in [-0.15, -0.1) is 0 Å². The summed E-state index contributed by atoms with van der Waals surface area (Å²) in [5.41, 5.74) is 1.80. The fourth-order valence-corrected chi connectivity index (χ4v) is 4.57. The summed E-state index contributed by atoms with van der Waals surface area (Å²) in [6, 6.07) is 17.4. The summed E-state index contributed by atoms with van der Waals surface area (Å²) in [6.07, 6.45) is 6.63. The zero-order valence-electron chi connectivity index (χ0n) is 15.3. The standard InChI is InChI=1S/C23H20N2O3/c26-22-20-16-10-11-17(12-16)21(20)23(27)25(22)24-13-18-8-4-5-9-19(18)28-14-15-6-2-1-3-7-15/h1-11,13,16-17,20-21H,12,14H2/b24-13-/t16-,17-,20+,21+/m1/s1. The number of hydrazone groups is 1. The summed E-state index contributed by atoms with van der Waals surface area (Å²) in [5, 5.41) is 5.32. The van der Waals surface area contributed by atoms with Crippen LogP contribution in [-0.2, 0) is 16.2 Å². The number of para-hydroxylation sites is 1. The Kier molecular flexibility index (Phi) is 4.08. The lowest BCUT2D eigenvalue weighted by molar-refractivity contribution is -0.140. The second-order valence-corrected chi connectivity index (χ2v) is 7.54. The predicted octanol–water partition coefficient (Wildman–Crippen LogP) is 3.41. The number of rotatable bonds is 5. The molecule has 2 fully saturated rings. The number of hydrogen-bond acceptors (Lipinski definition) is 4. The van der Waals surface area contributed by atoms with Gasteiger partial charge in [0, 0.05) is 5.56 Å².